The highest BCUT2D eigenvalue weighted by Gasteiger charge is 2.51. The summed E-state index contributed by atoms with van der Waals surface area (Å²) >= 11 is 0. The van der Waals surface area contributed by atoms with Crippen LogP contribution in [-0.4, -0.2) is 34.3 Å². The summed E-state index contributed by atoms with van der Waals surface area (Å²) in [7, 11) is -4.60. The molecule has 3 nitrogen and oxygen atoms in total. The second-order valence-electron chi connectivity index (χ2n) is 12.8. The lowest BCUT2D eigenvalue weighted by Crippen LogP contribution is -2.67. The van der Waals surface area contributed by atoms with Crippen molar-refractivity contribution in [3.63, 3.8) is 0 Å². The van der Waals surface area contributed by atoms with E-state index in [-0.39, 0.29) is 16.2 Å². The molecule has 1 heterocycles. The maximum absolute atomic E-state index is 7.59. The Morgan fingerprint density at radius 2 is 1.37 bits per heavy atom. The fraction of sp³-hybridized carbons (Fsp3) is 0.424. The Bertz CT molecular complexity index is 1120. The van der Waals surface area contributed by atoms with Gasteiger partial charge in [-0.05, 0) is 64.1 Å². The minimum atomic E-state index is -2.73. The van der Waals surface area contributed by atoms with E-state index in [4.69, 9.17) is 8.85 Å². The molecular formula is C33H47NO2Si2. The standard InChI is InChI=1S/C33H47NO2Si2/c1-27(25-28-17-16-23-34-26-28)31(22-24-35-37(8,9)32(2,3)4)36-38(33(5,6)7,29-18-12-10-13-19-29)30-20-14-11-15-21-30/h10-21,23,25-26,31H,22,24H2,1-9H3/t31-/m0/s1. The van der Waals surface area contributed by atoms with Gasteiger partial charge >= 0.3 is 0 Å². The van der Waals surface area contributed by atoms with Gasteiger partial charge in [-0.2, -0.15) is 0 Å². The zero-order valence-corrected chi connectivity index (χ0v) is 26.9. The molecule has 0 aliphatic carbocycles. The second kappa shape index (κ2) is 12.2. The summed E-state index contributed by atoms with van der Waals surface area (Å²) < 4.78 is 14.3. The van der Waals surface area contributed by atoms with Gasteiger partial charge in [-0.1, -0.05) is 114 Å². The van der Waals surface area contributed by atoms with E-state index < -0.39 is 16.6 Å². The first kappa shape index (κ1) is 30.2. The third-order valence-corrected chi connectivity index (χ3v) is 17.6. The molecule has 0 bridgehead atoms. The maximum atomic E-state index is 7.59. The van der Waals surface area contributed by atoms with Gasteiger partial charge in [0.1, 0.15) is 0 Å². The Labute approximate surface area is 233 Å². The molecule has 1 atom stereocenters. The van der Waals surface area contributed by atoms with Gasteiger partial charge in [-0.3, -0.25) is 4.98 Å². The van der Waals surface area contributed by atoms with E-state index in [0.29, 0.717) is 6.61 Å². The van der Waals surface area contributed by atoms with Gasteiger partial charge in [0.25, 0.3) is 8.32 Å². The van der Waals surface area contributed by atoms with Crippen LogP contribution in [0.5, 0.6) is 0 Å². The van der Waals surface area contributed by atoms with Crippen LogP contribution in [0.2, 0.25) is 23.2 Å². The first-order chi connectivity index (χ1) is 17.8. The normalized spacial score (nSPS) is 14.4. The molecule has 1 aromatic heterocycles. The first-order valence-corrected chi connectivity index (χ1v) is 18.6. The van der Waals surface area contributed by atoms with Crippen molar-refractivity contribution >= 4 is 33.1 Å². The molecular weight excluding hydrogens is 499 g/mol. The zero-order chi connectivity index (χ0) is 28.0. The average Bonchev–Trinajstić information content (AvgIpc) is 2.86. The third kappa shape index (κ3) is 7.00. The predicted octanol–water partition coefficient (Wildman–Crippen LogP) is 7.84. The Morgan fingerprint density at radius 3 is 1.82 bits per heavy atom. The molecule has 204 valence electrons. The zero-order valence-electron chi connectivity index (χ0n) is 24.9. The van der Waals surface area contributed by atoms with Crippen LogP contribution in [0.3, 0.4) is 0 Å². The van der Waals surface area contributed by atoms with Crippen molar-refractivity contribution in [2.75, 3.05) is 6.61 Å². The Hall–Kier alpha value is -2.32. The topological polar surface area (TPSA) is 31.4 Å². The molecule has 0 fully saturated rings. The molecule has 0 aliphatic rings. The number of aromatic nitrogens is 1. The Morgan fingerprint density at radius 1 is 0.816 bits per heavy atom. The number of hydrogen-bond acceptors (Lipinski definition) is 3. The quantitative estimate of drug-likeness (QED) is 0.243. The number of hydrogen-bond donors (Lipinski definition) is 0. The summed E-state index contributed by atoms with van der Waals surface area (Å²) in [5.41, 5.74) is 2.29. The highest BCUT2D eigenvalue weighted by atomic mass is 28.4. The lowest BCUT2D eigenvalue weighted by Gasteiger charge is -2.45. The monoisotopic (exact) mass is 545 g/mol. The number of benzene rings is 2. The second-order valence-corrected chi connectivity index (χ2v) is 21.9. The number of rotatable bonds is 10. The van der Waals surface area contributed by atoms with Crippen molar-refractivity contribution in [1.29, 1.82) is 0 Å². The minimum Gasteiger partial charge on any atom is -0.417 e. The number of nitrogens with zero attached hydrogens (tertiary/aromatic N) is 1. The van der Waals surface area contributed by atoms with Crippen molar-refractivity contribution in [2.45, 2.75) is 84.2 Å². The van der Waals surface area contributed by atoms with E-state index in [1.165, 1.54) is 15.9 Å². The van der Waals surface area contributed by atoms with Gasteiger partial charge in [0.15, 0.2) is 8.32 Å². The molecule has 0 saturated heterocycles. The van der Waals surface area contributed by atoms with Crippen molar-refractivity contribution < 1.29 is 8.85 Å². The summed E-state index contributed by atoms with van der Waals surface area (Å²) in [6.07, 6.45) is 6.67. The average molecular weight is 546 g/mol. The van der Waals surface area contributed by atoms with Crippen molar-refractivity contribution in [2.24, 2.45) is 0 Å². The van der Waals surface area contributed by atoms with Crippen LogP contribution in [0.1, 0.15) is 60.5 Å². The fourth-order valence-electron chi connectivity index (χ4n) is 4.74. The molecule has 0 aliphatic heterocycles. The van der Waals surface area contributed by atoms with Crippen LogP contribution in [0.4, 0.5) is 0 Å². The van der Waals surface area contributed by atoms with Gasteiger partial charge in [0.2, 0.25) is 0 Å². The summed E-state index contributed by atoms with van der Waals surface area (Å²) in [6, 6.07) is 25.9. The summed E-state index contributed by atoms with van der Waals surface area (Å²) in [5.74, 6) is 0. The van der Waals surface area contributed by atoms with Gasteiger partial charge < -0.3 is 8.85 Å². The van der Waals surface area contributed by atoms with Crippen LogP contribution in [0.25, 0.3) is 6.08 Å². The lowest BCUT2D eigenvalue weighted by atomic mass is 10.1. The highest BCUT2D eigenvalue weighted by molar-refractivity contribution is 6.99. The van der Waals surface area contributed by atoms with Crippen molar-refractivity contribution in [3.8, 4) is 0 Å². The van der Waals surface area contributed by atoms with Crippen LogP contribution in [0.15, 0.2) is 90.8 Å². The van der Waals surface area contributed by atoms with Crippen LogP contribution in [-0.2, 0) is 8.85 Å². The SMILES string of the molecule is CC(=Cc1cccnc1)[C@H](CCO[Si](C)(C)C(C)(C)C)O[Si](c1ccccc1)(c1ccccc1)C(C)(C)C. The van der Waals surface area contributed by atoms with Gasteiger partial charge in [-0.25, -0.2) is 0 Å². The van der Waals surface area contributed by atoms with Crippen molar-refractivity contribution in [3.05, 3.63) is 96.3 Å². The first-order valence-electron chi connectivity index (χ1n) is 13.8. The van der Waals surface area contributed by atoms with E-state index in [9.17, 15) is 0 Å². The molecule has 0 radical (unpaired) electrons. The summed E-state index contributed by atoms with van der Waals surface area (Å²) in [4.78, 5) is 4.33. The smallest absolute Gasteiger partial charge is 0.261 e. The van der Waals surface area contributed by atoms with Gasteiger partial charge in [-0.15, -0.1) is 0 Å². The number of pyridine rings is 1. The minimum absolute atomic E-state index is 0.0914. The van der Waals surface area contributed by atoms with Crippen LogP contribution in [0, 0.1) is 0 Å². The molecule has 38 heavy (non-hydrogen) atoms. The Kier molecular flexibility index (Phi) is 9.74. The van der Waals surface area contributed by atoms with Gasteiger partial charge in [0.05, 0.1) is 6.10 Å². The molecule has 5 heteroatoms. The predicted molar refractivity (Wildman–Crippen MR) is 168 cm³/mol. The molecule has 0 amide bonds. The lowest BCUT2D eigenvalue weighted by molar-refractivity contribution is 0.173. The summed E-state index contributed by atoms with van der Waals surface area (Å²) in [5, 5.41) is 2.66. The van der Waals surface area contributed by atoms with E-state index in [0.717, 1.165) is 12.0 Å². The molecule has 0 spiro atoms. The summed E-state index contributed by atoms with van der Waals surface area (Å²) in [6.45, 7) is 21.4. The van der Waals surface area contributed by atoms with E-state index in [1.54, 1.807) is 0 Å². The van der Waals surface area contributed by atoms with Crippen LogP contribution >= 0.6 is 0 Å². The molecule has 3 rings (SSSR count). The van der Waals surface area contributed by atoms with Crippen LogP contribution < -0.4 is 10.4 Å². The molecule has 0 unspecified atom stereocenters. The molecule has 0 saturated carbocycles. The molecule has 2 aromatic carbocycles. The molecule has 0 N–H and O–H groups in total. The van der Waals surface area contributed by atoms with Crippen molar-refractivity contribution in [1.82, 2.24) is 4.98 Å². The fourth-order valence-corrected chi connectivity index (χ4v) is 10.5. The van der Waals surface area contributed by atoms with E-state index >= 15 is 0 Å². The van der Waals surface area contributed by atoms with E-state index in [1.807, 2.05) is 18.5 Å². The Balaban J connectivity index is 2.10. The van der Waals surface area contributed by atoms with Gasteiger partial charge in [0, 0.05) is 19.0 Å². The largest absolute Gasteiger partial charge is 0.417 e. The van der Waals surface area contributed by atoms with E-state index in [2.05, 4.69) is 139 Å². The maximum Gasteiger partial charge on any atom is 0.261 e. The third-order valence-electron chi connectivity index (χ3n) is 7.97. The highest BCUT2D eigenvalue weighted by Crippen LogP contribution is 2.40. The molecule has 3 aromatic rings.